The highest BCUT2D eigenvalue weighted by atomic mass is 19.1. The third kappa shape index (κ3) is 5.17. The maximum Gasteiger partial charge on any atom is 0.292 e. The highest BCUT2D eigenvalue weighted by molar-refractivity contribution is 5.80. The molecule has 0 heterocycles. The van der Waals surface area contributed by atoms with Crippen molar-refractivity contribution < 1.29 is 18.8 Å². The van der Waals surface area contributed by atoms with Gasteiger partial charge in [-0.1, -0.05) is 24.3 Å². The van der Waals surface area contributed by atoms with Crippen molar-refractivity contribution in [1.82, 2.24) is 5.32 Å². The molecule has 8 heteroatoms. The summed E-state index contributed by atoms with van der Waals surface area (Å²) in [5.41, 5.74) is 0.336. The quantitative estimate of drug-likeness (QED) is 0.435. The first-order chi connectivity index (χ1) is 12.0. The average Bonchev–Trinajstić information content (AvgIpc) is 2.60. The number of amides is 1. The normalized spacial score (nSPS) is 11.4. The lowest BCUT2D eigenvalue weighted by atomic mass is 10.2. The molecule has 2 rings (SSSR count). The van der Waals surface area contributed by atoms with Gasteiger partial charge in [-0.2, -0.15) is 0 Å². The second kappa shape index (κ2) is 8.62. The van der Waals surface area contributed by atoms with Crippen molar-refractivity contribution >= 4 is 17.3 Å². The molecule has 0 radical (unpaired) electrons. The number of hydrogen-bond donors (Lipinski definition) is 2. The molecule has 0 fully saturated rings. The van der Waals surface area contributed by atoms with E-state index in [2.05, 4.69) is 10.6 Å². The summed E-state index contributed by atoms with van der Waals surface area (Å²) in [4.78, 5) is 22.4. The largest absolute Gasteiger partial charge is 0.478 e. The summed E-state index contributed by atoms with van der Waals surface area (Å²) in [6.07, 6.45) is -0.872. The van der Waals surface area contributed by atoms with E-state index in [-0.39, 0.29) is 18.0 Å². The molecule has 0 saturated heterocycles. The first kappa shape index (κ1) is 18.2. The fourth-order valence-electron chi connectivity index (χ4n) is 2.09. The summed E-state index contributed by atoms with van der Waals surface area (Å²) in [6.45, 7) is 2.04. The summed E-state index contributed by atoms with van der Waals surface area (Å²) in [5.74, 6) is -0.948. The van der Waals surface area contributed by atoms with E-state index < -0.39 is 22.8 Å². The molecule has 2 aromatic carbocycles. The van der Waals surface area contributed by atoms with Crippen LogP contribution >= 0.6 is 0 Å². The Morgan fingerprint density at radius 2 is 1.88 bits per heavy atom. The minimum atomic E-state index is -0.872. The van der Waals surface area contributed by atoms with Crippen molar-refractivity contribution in [2.45, 2.75) is 13.0 Å². The Hall–Kier alpha value is -3.16. The van der Waals surface area contributed by atoms with Gasteiger partial charge in [-0.3, -0.25) is 14.9 Å². The maximum absolute atomic E-state index is 13.5. The molecular formula is C17H18FN3O4. The zero-order valence-corrected chi connectivity index (χ0v) is 13.6. The predicted molar refractivity (Wildman–Crippen MR) is 91.1 cm³/mol. The van der Waals surface area contributed by atoms with Crippen molar-refractivity contribution in [2.24, 2.45) is 0 Å². The number of halogens is 1. The van der Waals surface area contributed by atoms with Gasteiger partial charge in [0, 0.05) is 19.2 Å². The van der Waals surface area contributed by atoms with E-state index in [4.69, 9.17) is 4.74 Å². The number of nitrogens with zero attached hydrogens (tertiary/aromatic N) is 1. The molecule has 132 valence electrons. The van der Waals surface area contributed by atoms with E-state index in [1.54, 1.807) is 24.3 Å². The average molecular weight is 347 g/mol. The lowest BCUT2D eigenvalue weighted by Crippen LogP contribution is -2.38. The third-order valence-electron chi connectivity index (χ3n) is 3.35. The number of nitro benzene ring substituents is 1. The van der Waals surface area contributed by atoms with Gasteiger partial charge < -0.3 is 15.4 Å². The monoisotopic (exact) mass is 347 g/mol. The van der Waals surface area contributed by atoms with E-state index >= 15 is 0 Å². The summed E-state index contributed by atoms with van der Waals surface area (Å²) in [5, 5.41) is 16.4. The highest BCUT2D eigenvalue weighted by Crippen LogP contribution is 2.22. The van der Waals surface area contributed by atoms with Crippen LogP contribution in [0.3, 0.4) is 0 Å². The summed E-state index contributed by atoms with van der Waals surface area (Å²) in [7, 11) is 0. The van der Waals surface area contributed by atoms with Crippen LogP contribution in [0.2, 0.25) is 0 Å². The van der Waals surface area contributed by atoms with Gasteiger partial charge in [0.1, 0.15) is 5.69 Å². The van der Waals surface area contributed by atoms with Crippen molar-refractivity contribution in [3.8, 4) is 5.75 Å². The zero-order chi connectivity index (χ0) is 18.2. The van der Waals surface area contributed by atoms with E-state index in [9.17, 15) is 19.3 Å². The molecule has 7 nitrogen and oxygen atoms in total. The first-order valence-corrected chi connectivity index (χ1v) is 7.65. The summed E-state index contributed by atoms with van der Waals surface area (Å²) >= 11 is 0. The molecule has 0 aliphatic heterocycles. The number of rotatable bonds is 8. The standard InChI is InChI=1S/C17H18FN3O4/c1-12(25-16-9-5-2-6-13(16)18)17(22)20-11-10-19-14-7-3-4-8-15(14)21(23)24/h2-9,12,19H,10-11H2,1H3,(H,20,22). The minimum absolute atomic E-state index is 0.00295. The zero-order valence-electron chi connectivity index (χ0n) is 13.6. The molecule has 0 aliphatic rings. The second-order valence-electron chi connectivity index (χ2n) is 5.18. The van der Waals surface area contributed by atoms with Gasteiger partial charge in [-0.15, -0.1) is 0 Å². The van der Waals surface area contributed by atoms with Gasteiger partial charge in [0.15, 0.2) is 17.7 Å². The summed E-state index contributed by atoms with van der Waals surface area (Å²) in [6, 6.07) is 12.1. The fourth-order valence-corrected chi connectivity index (χ4v) is 2.09. The highest BCUT2D eigenvalue weighted by Gasteiger charge is 2.16. The number of nitro groups is 1. The SMILES string of the molecule is CC(Oc1ccccc1F)C(=O)NCCNc1ccccc1[N+](=O)[O-]. The van der Waals surface area contributed by atoms with Crippen molar-refractivity contribution in [3.05, 3.63) is 64.5 Å². The molecule has 25 heavy (non-hydrogen) atoms. The molecule has 0 spiro atoms. The molecule has 0 aromatic heterocycles. The van der Waals surface area contributed by atoms with Gasteiger partial charge in [0.2, 0.25) is 0 Å². The fraction of sp³-hybridized carbons (Fsp3) is 0.235. The molecule has 0 bridgehead atoms. The predicted octanol–water partition coefficient (Wildman–Crippen LogP) is 2.73. The van der Waals surface area contributed by atoms with Crippen LogP contribution in [0.5, 0.6) is 5.75 Å². The van der Waals surface area contributed by atoms with E-state index in [1.165, 1.54) is 31.2 Å². The van der Waals surface area contributed by atoms with Crippen LogP contribution in [0.1, 0.15) is 6.92 Å². The van der Waals surface area contributed by atoms with Crippen LogP contribution in [-0.4, -0.2) is 30.0 Å². The Bertz CT molecular complexity index is 754. The Morgan fingerprint density at radius 3 is 2.60 bits per heavy atom. The number of benzene rings is 2. The Kier molecular flexibility index (Phi) is 6.27. The maximum atomic E-state index is 13.5. The number of carbonyl (C=O) groups is 1. The smallest absolute Gasteiger partial charge is 0.292 e. The molecule has 1 atom stereocenters. The van der Waals surface area contributed by atoms with E-state index in [0.717, 1.165) is 0 Å². The number of ether oxygens (including phenoxy) is 1. The lowest BCUT2D eigenvalue weighted by molar-refractivity contribution is -0.384. The van der Waals surface area contributed by atoms with Gasteiger partial charge in [-0.05, 0) is 25.1 Å². The van der Waals surface area contributed by atoms with E-state index in [1.807, 2.05) is 0 Å². The van der Waals surface area contributed by atoms with Gasteiger partial charge in [-0.25, -0.2) is 4.39 Å². The van der Waals surface area contributed by atoms with E-state index in [0.29, 0.717) is 12.2 Å². The molecule has 1 unspecified atom stereocenters. The van der Waals surface area contributed by atoms with Gasteiger partial charge in [0.25, 0.3) is 11.6 Å². The van der Waals surface area contributed by atoms with Crippen molar-refractivity contribution in [3.63, 3.8) is 0 Å². The Morgan fingerprint density at radius 1 is 1.20 bits per heavy atom. The number of carbonyl (C=O) groups excluding carboxylic acids is 1. The molecule has 0 saturated carbocycles. The third-order valence-corrected chi connectivity index (χ3v) is 3.35. The Labute approximate surface area is 144 Å². The van der Waals surface area contributed by atoms with Crippen LogP contribution in [0.15, 0.2) is 48.5 Å². The topological polar surface area (TPSA) is 93.5 Å². The van der Waals surface area contributed by atoms with Crippen LogP contribution in [0, 0.1) is 15.9 Å². The molecule has 2 aromatic rings. The van der Waals surface area contributed by atoms with Crippen LogP contribution in [0.4, 0.5) is 15.8 Å². The summed E-state index contributed by atoms with van der Waals surface area (Å²) < 4.78 is 18.8. The van der Waals surface area contributed by atoms with Crippen molar-refractivity contribution in [2.75, 3.05) is 18.4 Å². The lowest BCUT2D eigenvalue weighted by Gasteiger charge is -2.15. The first-order valence-electron chi connectivity index (χ1n) is 7.65. The number of nitrogens with one attached hydrogen (secondary N) is 2. The molecule has 0 aliphatic carbocycles. The number of hydrogen-bond acceptors (Lipinski definition) is 5. The minimum Gasteiger partial charge on any atom is -0.478 e. The van der Waals surface area contributed by atoms with Crippen LogP contribution < -0.4 is 15.4 Å². The molecule has 2 N–H and O–H groups in total. The molecular weight excluding hydrogens is 329 g/mol. The van der Waals surface area contributed by atoms with Crippen LogP contribution in [-0.2, 0) is 4.79 Å². The molecule has 1 amide bonds. The second-order valence-corrected chi connectivity index (χ2v) is 5.18. The van der Waals surface area contributed by atoms with Crippen LogP contribution in [0.25, 0.3) is 0 Å². The Balaban J connectivity index is 1.79. The van der Waals surface area contributed by atoms with Gasteiger partial charge in [0.05, 0.1) is 4.92 Å². The van der Waals surface area contributed by atoms with Crippen molar-refractivity contribution in [1.29, 1.82) is 0 Å². The number of para-hydroxylation sites is 3. The van der Waals surface area contributed by atoms with Gasteiger partial charge >= 0.3 is 0 Å². The number of anilines is 1.